The van der Waals surface area contributed by atoms with E-state index >= 15 is 0 Å². The molecule has 7 rings (SSSR count). The Morgan fingerprint density at radius 3 is 1.79 bits per heavy atom. The van der Waals surface area contributed by atoms with Crippen molar-refractivity contribution >= 4 is 57.2 Å². The van der Waals surface area contributed by atoms with Crippen LogP contribution in [0.15, 0.2) is 28.0 Å². The second kappa shape index (κ2) is 18.7. The number of fused-ring (bicyclic) bond motifs is 2. The predicted octanol–water partition coefficient (Wildman–Crippen LogP) is 3.53. The summed E-state index contributed by atoms with van der Waals surface area (Å²) in [5.41, 5.74) is 14.7. The fourth-order valence-corrected chi connectivity index (χ4v) is 8.57. The fraction of sp³-hybridized carbons (Fsp3) is 0.600. The lowest BCUT2D eigenvalue weighted by Crippen LogP contribution is -2.39. The van der Waals surface area contributed by atoms with E-state index in [9.17, 15) is 19.2 Å². The van der Waals surface area contributed by atoms with E-state index in [0.717, 1.165) is 82.4 Å². The molecule has 0 saturated heterocycles. The highest BCUT2D eigenvalue weighted by molar-refractivity contribution is 5.90. The van der Waals surface area contributed by atoms with Crippen molar-refractivity contribution in [2.75, 3.05) is 28.7 Å². The first kappa shape index (κ1) is 41.3. The van der Waals surface area contributed by atoms with Gasteiger partial charge in [0.05, 0.1) is 16.5 Å². The predicted molar refractivity (Wildman–Crippen MR) is 222 cm³/mol. The highest BCUT2D eigenvalue weighted by Crippen LogP contribution is 2.33. The van der Waals surface area contributed by atoms with Gasteiger partial charge in [0.1, 0.15) is 5.65 Å². The van der Waals surface area contributed by atoms with Crippen LogP contribution in [0.2, 0.25) is 0 Å². The van der Waals surface area contributed by atoms with Gasteiger partial charge in [-0.2, -0.15) is 9.97 Å². The Labute approximate surface area is 331 Å². The van der Waals surface area contributed by atoms with Crippen molar-refractivity contribution in [3.63, 3.8) is 0 Å². The molecule has 0 radical (unpaired) electrons. The number of nitrogens with zero attached hydrogens (tertiary/aromatic N) is 6. The Bertz CT molecular complexity index is 2170. The van der Waals surface area contributed by atoms with E-state index in [-0.39, 0.29) is 59.7 Å². The molecular weight excluding hydrogens is 729 g/mol. The minimum absolute atomic E-state index is 0.00251. The van der Waals surface area contributed by atoms with Crippen LogP contribution < -0.4 is 43.9 Å². The standard InChI is InChI=1S/C22H32N6O2.C18H26N6O3/c1-3-17-19(23)18-12-24-22(26-15-10-8-14(9-11-15)25-13(2)29)27-20(18)28(21(17)30)16-6-4-5-7-16;1-11(26)21-12-3-5-13(6-4-12)22-18-20-10-14-15(19)9-16(27)24(7-2-8-25)17(14)23-18/h12,14-16H,3-11,23H2,1-2H3,(H,25,29)(H,24,26,27);9-10,12-13,25H,2-8,19H2,1H3,(H,21,26)(H,20,22,23). The molecule has 2 amide bonds. The molecule has 0 spiro atoms. The number of rotatable bonds is 11. The Balaban J connectivity index is 0.000000194. The first-order valence-corrected chi connectivity index (χ1v) is 20.5. The van der Waals surface area contributed by atoms with Crippen LogP contribution in [-0.2, 0) is 22.6 Å². The molecule has 4 aromatic heterocycles. The molecule has 57 heavy (non-hydrogen) atoms. The zero-order chi connectivity index (χ0) is 40.6. The van der Waals surface area contributed by atoms with Gasteiger partial charge in [-0.3, -0.25) is 28.3 Å². The average Bonchev–Trinajstić information content (AvgIpc) is 3.71. The lowest BCUT2D eigenvalue weighted by atomic mass is 9.91. The van der Waals surface area contributed by atoms with Gasteiger partial charge in [0.2, 0.25) is 23.7 Å². The van der Waals surface area contributed by atoms with E-state index in [1.54, 1.807) is 19.3 Å². The van der Waals surface area contributed by atoms with Crippen LogP contribution in [0.25, 0.3) is 22.1 Å². The summed E-state index contributed by atoms with van der Waals surface area (Å²) in [6, 6.07) is 2.48. The summed E-state index contributed by atoms with van der Waals surface area (Å²) in [5, 5.41) is 23.2. The van der Waals surface area contributed by atoms with Crippen LogP contribution in [0.1, 0.15) is 116 Å². The maximum Gasteiger partial charge on any atom is 0.257 e. The Hall–Kier alpha value is -5.32. The number of nitrogen functional groups attached to an aromatic ring is 2. The van der Waals surface area contributed by atoms with Crippen LogP contribution in [-0.4, -0.2) is 76.8 Å². The molecule has 0 atom stereocenters. The van der Waals surface area contributed by atoms with Crippen LogP contribution in [0.4, 0.5) is 23.3 Å². The van der Waals surface area contributed by atoms with Gasteiger partial charge in [0, 0.05) is 86.9 Å². The highest BCUT2D eigenvalue weighted by atomic mass is 16.3. The number of nitrogens with two attached hydrogens (primary N) is 2. The second-order valence-electron chi connectivity index (χ2n) is 15.7. The number of aliphatic hydroxyl groups excluding tert-OH is 1. The molecule has 9 N–H and O–H groups in total. The number of aryl methyl sites for hydroxylation is 1. The summed E-state index contributed by atoms with van der Waals surface area (Å²) in [6.45, 7) is 5.42. The molecule has 0 bridgehead atoms. The number of pyridine rings is 2. The van der Waals surface area contributed by atoms with Crippen molar-refractivity contribution in [2.24, 2.45) is 0 Å². The van der Waals surface area contributed by atoms with Gasteiger partial charge < -0.3 is 37.8 Å². The van der Waals surface area contributed by atoms with Crippen molar-refractivity contribution in [1.29, 1.82) is 0 Å². The van der Waals surface area contributed by atoms with Crippen molar-refractivity contribution in [3.8, 4) is 0 Å². The maximum atomic E-state index is 13.2. The third kappa shape index (κ3) is 9.98. The summed E-state index contributed by atoms with van der Waals surface area (Å²) in [6.07, 6.45) is 16.1. The molecule has 4 aromatic rings. The second-order valence-corrected chi connectivity index (χ2v) is 15.7. The van der Waals surface area contributed by atoms with Gasteiger partial charge in [-0.05, 0) is 77.0 Å². The molecule has 3 aliphatic rings. The fourth-order valence-electron chi connectivity index (χ4n) is 8.57. The lowest BCUT2D eigenvalue weighted by Gasteiger charge is -2.29. The number of carbonyl (C=O) groups is 2. The summed E-state index contributed by atoms with van der Waals surface area (Å²) in [4.78, 5) is 66.1. The van der Waals surface area contributed by atoms with Gasteiger partial charge in [0.25, 0.3) is 11.1 Å². The van der Waals surface area contributed by atoms with Crippen LogP contribution >= 0.6 is 0 Å². The number of carbonyl (C=O) groups excluding carboxylic acids is 2. The number of nitrogens with one attached hydrogen (secondary N) is 4. The minimum atomic E-state index is -0.242. The molecule has 17 heteroatoms. The molecule has 17 nitrogen and oxygen atoms in total. The number of anilines is 4. The Morgan fingerprint density at radius 2 is 1.28 bits per heavy atom. The zero-order valence-corrected chi connectivity index (χ0v) is 33.4. The molecule has 3 fully saturated rings. The Morgan fingerprint density at radius 1 is 0.772 bits per heavy atom. The monoisotopic (exact) mass is 786 g/mol. The zero-order valence-electron chi connectivity index (χ0n) is 33.4. The van der Waals surface area contributed by atoms with Crippen LogP contribution in [0.3, 0.4) is 0 Å². The third-order valence-electron chi connectivity index (χ3n) is 11.5. The first-order valence-electron chi connectivity index (χ1n) is 20.5. The molecule has 308 valence electrons. The van der Waals surface area contributed by atoms with E-state index in [4.69, 9.17) is 21.6 Å². The number of aromatic nitrogens is 6. The molecule has 3 aliphatic carbocycles. The van der Waals surface area contributed by atoms with Gasteiger partial charge in [-0.15, -0.1) is 0 Å². The highest BCUT2D eigenvalue weighted by Gasteiger charge is 2.26. The SMILES string of the molecule is CC(=O)NC1CCC(Nc2ncc3c(N)cc(=O)n(CCCO)c3n2)CC1.CCc1c(N)c2cnc(NC3CCC(NC(C)=O)CC3)nc2n(C2CCCC2)c1=O. The van der Waals surface area contributed by atoms with Gasteiger partial charge in [-0.25, -0.2) is 9.97 Å². The lowest BCUT2D eigenvalue weighted by molar-refractivity contribution is -0.120. The summed E-state index contributed by atoms with van der Waals surface area (Å²) >= 11 is 0. The van der Waals surface area contributed by atoms with Gasteiger partial charge in [-0.1, -0.05) is 19.8 Å². The molecule has 0 unspecified atom stereocenters. The number of amides is 2. The third-order valence-corrected chi connectivity index (χ3v) is 11.5. The van der Waals surface area contributed by atoms with Crippen LogP contribution in [0.5, 0.6) is 0 Å². The normalized spacial score (nSPS) is 21.1. The smallest absolute Gasteiger partial charge is 0.257 e. The van der Waals surface area contributed by atoms with E-state index < -0.39 is 0 Å². The summed E-state index contributed by atoms with van der Waals surface area (Å²) in [7, 11) is 0. The number of hydrogen-bond acceptors (Lipinski definition) is 13. The summed E-state index contributed by atoms with van der Waals surface area (Å²) < 4.78 is 3.39. The molecule has 3 saturated carbocycles. The van der Waals surface area contributed by atoms with Crippen LogP contribution in [0, 0.1) is 0 Å². The summed E-state index contributed by atoms with van der Waals surface area (Å²) in [5.74, 6) is 1.02. The maximum absolute atomic E-state index is 13.2. The molecule has 0 aliphatic heterocycles. The quantitative estimate of drug-likeness (QED) is 0.115. The van der Waals surface area contributed by atoms with E-state index in [1.807, 2.05) is 11.5 Å². The van der Waals surface area contributed by atoms with E-state index in [1.165, 1.54) is 17.6 Å². The van der Waals surface area contributed by atoms with Gasteiger partial charge >= 0.3 is 0 Å². The van der Waals surface area contributed by atoms with Crippen molar-refractivity contribution in [3.05, 3.63) is 44.7 Å². The van der Waals surface area contributed by atoms with E-state index in [0.29, 0.717) is 64.9 Å². The number of hydrogen-bond donors (Lipinski definition) is 7. The van der Waals surface area contributed by atoms with Crippen molar-refractivity contribution in [1.82, 2.24) is 39.7 Å². The molecule has 0 aromatic carbocycles. The topological polar surface area (TPSA) is 250 Å². The first-order chi connectivity index (χ1) is 27.4. The van der Waals surface area contributed by atoms with Gasteiger partial charge in [0.15, 0.2) is 5.65 Å². The van der Waals surface area contributed by atoms with Crippen molar-refractivity contribution < 1.29 is 14.7 Å². The largest absolute Gasteiger partial charge is 0.398 e. The molecule has 4 heterocycles. The Kier molecular flexibility index (Phi) is 13.6. The van der Waals surface area contributed by atoms with Crippen molar-refractivity contribution in [2.45, 2.75) is 147 Å². The minimum Gasteiger partial charge on any atom is -0.398 e. The van der Waals surface area contributed by atoms with E-state index in [2.05, 4.69) is 36.2 Å². The number of aliphatic hydroxyl groups is 1. The average molecular weight is 787 g/mol. The molecular formula is C40H58N12O5.